The second-order valence-electron chi connectivity index (χ2n) is 4.47. The first kappa shape index (κ1) is 14.4. The van der Waals surface area contributed by atoms with Crippen LogP contribution in [0.5, 0.6) is 5.75 Å². The van der Waals surface area contributed by atoms with Gasteiger partial charge in [0.1, 0.15) is 11.1 Å². The Labute approximate surface area is 123 Å². The number of anilines is 1. The number of alkyl halides is 1. The molecule has 0 bridgehead atoms. The summed E-state index contributed by atoms with van der Waals surface area (Å²) in [5.74, 6) is 0.336. The second kappa shape index (κ2) is 6.44. The van der Waals surface area contributed by atoms with E-state index in [9.17, 15) is 4.79 Å². The zero-order valence-corrected chi connectivity index (χ0v) is 12.1. The standard InChI is InChI=1S/C16H16ClNO2/c1-11-8-9-14(20-2)13(10-11)18-16(19)15(17)12-6-4-3-5-7-12/h3-10,15H,1-2H3,(H,18,19)/t15-/m0/s1. The van der Waals surface area contributed by atoms with Gasteiger partial charge in [-0.05, 0) is 30.2 Å². The fourth-order valence-corrected chi connectivity index (χ4v) is 2.09. The smallest absolute Gasteiger partial charge is 0.247 e. The average molecular weight is 290 g/mol. The molecule has 0 radical (unpaired) electrons. The molecule has 1 atom stereocenters. The molecule has 20 heavy (non-hydrogen) atoms. The molecule has 0 saturated carbocycles. The van der Waals surface area contributed by atoms with Crippen molar-refractivity contribution in [2.75, 3.05) is 12.4 Å². The summed E-state index contributed by atoms with van der Waals surface area (Å²) in [5.41, 5.74) is 2.42. The van der Waals surface area contributed by atoms with Crippen LogP contribution in [0.4, 0.5) is 5.69 Å². The third kappa shape index (κ3) is 3.31. The predicted molar refractivity (Wildman–Crippen MR) is 81.4 cm³/mol. The van der Waals surface area contributed by atoms with Crippen LogP contribution in [-0.4, -0.2) is 13.0 Å². The normalized spacial score (nSPS) is 11.8. The highest BCUT2D eigenvalue weighted by Crippen LogP contribution is 2.28. The van der Waals surface area contributed by atoms with E-state index in [0.717, 1.165) is 11.1 Å². The van der Waals surface area contributed by atoms with Crippen LogP contribution in [0.1, 0.15) is 16.5 Å². The van der Waals surface area contributed by atoms with Gasteiger partial charge in [0, 0.05) is 0 Å². The molecule has 2 aromatic carbocycles. The lowest BCUT2D eigenvalue weighted by Crippen LogP contribution is -2.17. The molecule has 4 heteroatoms. The summed E-state index contributed by atoms with van der Waals surface area (Å²) in [5, 5.41) is 2.07. The number of aryl methyl sites for hydroxylation is 1. The molecule has 0 fully saturated rings. The summed E-state index contributed by atoms with van der Waals surface area (Å²) in [4.78, 5) is 12.2. The molecular formula is C16H16ClNO2. The van der Waals surface area contributed by atoms with Crippen molar-refractivity contribution in [3.05, 3.63) is 59.7 Å². The molecule has 0 saturated heterocycles. The maximum Gasteiger partial charge on any atom is 0.247 e. The van der Waals surface area contributed by atoms with Crippen molar-refractivity contribution >= 4 is 23.2 Å². The number of ether oxygens (including phenoxy) is 1. The van der Waals surface area contributed by atoms with Crippen LogP contribution in [0.2, 0.25) is 0 Å². The molecule has 0 aliphatic heterocycles. The van der Waals surface area contributed by atoms with Gasteiger partial charge in [-0.3, -0.25) is 4.79 Å². The van der Waals surface area contributed by atoms with Crippen molar-refractivity contribution in [2.24, 2.45) is 0 Å². The van der Waals surface area contributed by atoms with E-state index in [1.165, 1.54) is 0 Å². The van der Waals surface area contributed by atoms with Crippen LogP contribution in [0.25, 0.3) is 0 Å². The molecule has 0 spiro atoms. The Morgan fingerprint density at radius 2 is 1.90 bits per heavy atom. The number of hydrogen-bond acceptors (Lipinski definition) is 2. The molecule has 2 aromatic rings. The van der Waals surface area contributed by atoms with Gasteiger partial charge in [-0.15, -0.1) is 11.6 Å². The van der Waals surface area contributed by atoms with E-state index in [-0.39, 0.29) is 5.91 Å². The molecule has 0 heterocycles. The number of hydrogen-bond donors (Lipinski definition) is 1. The van der Waals surface area contributed by atoms with Gasteiger partial charge in [-0.1, -0.05) is 36.4 Å². The lowest BCUT2D eigenvalue weighted by atomic mass is 10.1. The van der Waals surface area contributed by atoms with Gasteiger partial charge in [0.05, 0.1) is 12.8 Å². The van der Waals surface area contributed by atoms with E-state index in [2.05, 4.69) is 5.32 Å². The zero-order valence-electron chi connectivity index (χ0n) is 11.4. The van der Waals surface area contributed by atoms with Gasteiger partial charge in [0.15, 0.2) is 0 Å². The van der Waals surface area contributed by atoms with Crippen molar-refractivity contribution in [3.8, 4) is 5.75 Å². The quantitative estimate of drug-likeness (QED) is 0.866. The Kier molecular flexibility index (Phi) is 4.64. The van der Waals surface area contributed by atoms with E-state index in [1.54, 1.807) is 7.11 Å². The molecule has 1 amide bonds. The maximum absolute atomic E-state index is 12.2. The lowest BCUT2D eigenvalue weighted by molar-refractivity contribution is -0.116. The highest BCUT2D eigenvalue weighted by molar-refractivity contribution is 6.32. The third-order valence-electron chi connectivity index (χ3n) is 2.94. The largest absolute Gasteiger partial charge is 0.495 e. The maximum atomic E-state index is 12.2. The van der Waals surface area contributed by atoms with Crippen molar-refractivity contribution < 1.29 is 9.53 Å². The van der Waals surface area contributed by atoms with Crippen LogP contribution < -0.4 is 10.1 Å². The number of amides is 1. The first-order valence-corrected chi connectivity index (χ1v) is 6.70. The number of carbonyl (C=O) groups is 1. The fourth-order valence-electron chi connectivity index (χ4n) is 1.89. The minimum Gasteiger partial charge on any atom is -0.495 e. The van der Waals surface area contributed by atoms with Crippen molar-refractivity contribution in [2.45, 2.75) is 12.3 Å². The van der Waals surface area contributed by atoms with E-state index in [0.29, 0.717) is 11.4 Å². The molecule has 3 nitrogen and oxygen atoms in total. The summed E-state index contributed by atoms with van der Waals surface area (Å²) in [7, 11) is 1.57. The Balaban J connectivity index is 2.18. The summed E-state index contributed by atoms with van der Waals surface area (Å²) in [6.07, 6.45) is 0. The third-order valence-corrected chi connectivity index (χ3v) is 3.39. The van der Waals surface area contributed by atoms with Crippen LogP contribution in [-0.2, 0) is 4.79 Å². The van der Waals surface area contributed by atoms with Crippen LogP contribution in [0.3, 0.4) is 0 Å². The molecule has 104 valence electrons. The Bertz CT molecular complexity index is 599. The first-order chi connectivity index (χ1) is 9.61. The topological polar surface area (TPSA) is 38.3 Å². The first-order valence-electron chi connectivity index (χ1n) is 6.26. The summed E-state index contributed by atoms with van der Waals surface area (Å²) in [6.45, 7) is 1.95. The molecule has 0 aromatic heterocycles. The number of nitrogens with one attached hydrogen (secondary N) is 1. The van der Waals surface area contributed by atoms with E-state index in [1.807, 2.05) is 55.5 Å². The Morgan fingerprint density at radius 3 is 2.55 bits per heavy atom. The van der Waals surface area contributed by atoms with Gasteiger partial charge in [0.25, 0.3) is 0 Å². The molecule has 0 aliphatic carbocycles. The van der Waals surface area contributed by atoms with Crippen LogP contribution >= 0.6 is 11.6 Å². The van der Waals surface area contributed by atoms with Crippen molar-refractivity contribution in [1.29, 1.82) is 0 Å². The van der Waals surface area contributed by atoms with E-state index < -0.39 is 5.38 Å². The monoisotopic (exact) mass is 289 g/mol. The highest BCUT2D eigenvalue weighted by atomic mass is 35.5. The minimum absolute atomic E-state index is 0.276. The van der Waals surface area contributed by atoms with Gasteiger partial charge >= 0.3 is 0 Å². The second-order valence-corrected chi connectivity index (χ2v) is 4.90. The van der Waals surface area contributed by atoms with Crippen molar-refractivity contribution in [3.63, 3.8) is 0 Å². The van der Waals surface area contributed by atoms with Crippen LogP contribution in [0.15, 0.2) is 48.5 Å². The number of benzene rings is 2. The van der Waals surface area contributed by atoms with E-state index >= 15 is 0 Å². The van der Waals surface area contributed by atoms with Gasteiger partial charge in [0.2, 0.25) is 5.91 Å². The summed E-state index contributed by atoms with van der Waals surface area (Å²) >= 11 is 6.19. The van der Waals surface area contributed by atoms with Gasteiger partial charge in [-0.2, -0.15) is 0 Å². The minimum atomic E-state index is -0.735. The number of carbonyl (C=O) groups excluding carboxylic acids is 1. The number of halogens is 1. The predicted octanol–water partition coefficient (Wildman–Crippen LogP) is 3.92. The van der Waals surface area contributed by atoms with Gasteiger partial charge in [-0.25, -0.2) is 0 Å². The van der Waals surface area contributed by atoms with Gasteiger partial charge < -0.3 is 10.1 Å². The Morgan fingerprint density at radius 1 is 1.20 bits per heavy atom. The zero-order chi connectivity index (χ0) is 14.5. The summed E-state index contributed by atoms with van der Waals surface area (Å²) in [6, 6.07) is 14.8. The SMILES string of the molecule is COc1ccc(C)cc1NC(=O)[C@@H](Cl)c1ccccc1. The van der Waals surface area contributed by atoms with Crippen molar-refractivity contribution in [1.82, 2.24) is 0 Å². The van der Waals surface area contributed by atoms with E-state index in [4.69, 9.17) is 16.3 Å². The fraction of sp³-hybridized carbons (Fsp3) is 0.188. The van der Waals surface area contributed by atoms with Crippen LogP contribution in [0, 0.1) is 6.92 Å². The molecule has 2 rings (SSSR count). The average Bonchev–Trinajstić information content (AvgIpc) is 2.47. The Hall–Kier alpha value is -2.00. The highest BCUT2D eigenvalue weighted by Gasteiger charge is 2.18. The molecule has 0 unspecified atom stereocenters. The number of methoxy groups -OCH3 is 1. The molecule has 0 aliphatic rings. The number of rotatable bonds is 4. The molecule has 1 N–H and O–H groups in total. The summed E-state index contributed by atoms with van der Waals surface area (Å²) < 4.78 is 5.23. The molecular weight excluding hydrogens is 274 g/mol. The lowest BCUT2D eigenvalue weighted by Gasteiger charge is -2.14.